The minimum absolute atomic E-state index is 0.0265. The number of benzene rings is 2. The fourth-order valence-electron chi connectivity index (χ4n) is 2.87. The lowest BCUT2D eigenvalue weighted by molar-refractivity contribution is 0.0974. The summed E-state index contributed by atoms with van der Waals surface area (Å²) in [6.07, 6.45) is 2.13. The Morgan fingerprint density at radius 3 is 1.93 bits per heavy atom. The zero-order valence-corrected chi connectivity index (χ0v) is 18.1. The molecule has 10 heteroatoms. The summed E-state index contributed by atoms with van der Waals surface area (Å²) in [5, 5.41) is -2.15. The van der Waals surface area contributed by atoms with Crippen molar-refractivity contribution < 1.29 is 38.2 Å². The van der Waals surface area contributed by atoms with Crippen LogP contribution in [0.2, 0.25) is 0 Å². The first-order valence-electron chi connectivity index (χ1n) is 9.46. The number of ketones is 1. The molecule has 30 heavy (non-hydrogen) atoms. The number of ether oxygens (including phenoxy) is 1. The minimum Gasteiger partial charge on any atom is -0.380 e. The maximum atomic E-state index is 12.3. The highest BCUT2D eigenvalue weighted by Crippen LogP contribution is 2.59. The number of Topliss-reactive ketones (excluding diaryl/α,β-unsaturated/α-hetero) is 1. The second-order valence-corrected chi connectivity index (χ2v) is 10.9. The monoisotopic (exact) mass is 456 g/mol. The minimum atomic E-state index is -4.96. The summed E-state index contributed by atoms with van der Waals surface area (Å²) in [4.78, 5) is 48.3. The number of hydrogen-bond acceptors (Lipinski definition) is 4. The first kappa shape index (κ1) is 24.6. The van der Waals surface area contributed by atoms with Crippen molar-refractivity contribution in [1.82, 2.24) is 0 Å². The fourth-order valence-corrected chi connectivity index (χ4v) is 5.04. The Morgan fingerprint density at radius 2 is 1.37 bits per heavy atom. The van der Waals surface area contributed by atoms with Gasteiger partial charge in [-0.05, 0) is 24.0 Å². The molecule has 4 N–H and O–H groups in total. The van der Waals surface area contributed by atoms with E-state index >= 15 is 0 Å². The van der Waals surface area contributed by atoms with Gasteiger partial charge in [0.1, 0.15) is 0 Å². The smallest absolute Gasteiger partial charge is 0.343 e. The van der Waals surface area contributed by atoms with Crippen LogP contribution in [0.25, 0.3) is 11.1 Å². The molecular formula is C20H26O8P2. The fraction of sp³-hybridized carbons (Fsp3) is 0.350. The number of unbranched alkanes of at least 4 members (excludes halogenated alkanes) is 2. The van der Waals surface area contributed by atoms with Gasteiger partial charge in [0, 0.05) is 18.6 Å². The first-order valence-corrected chi connectivity index (χ1v) is 12.8. The third-order valence-corrected chi connectivity index (χ3v) is 8.21. The van der Waals surface area contributed by atoms with Gasteiger partial charge in [0.25, 0.3) is 0 Å². The third-order valence-electron chi connectivity index (χ3n) is 4.55. The van der Waals surface area contributed by atoms with Crippen molar-refractivity contribution in [3.8, 4) is 11.1 Å². The van der Waals surface area contributed by atoms with Gasteiger partial charge in [0.2, 0.25) is 0 Å². The number of rotatable bonds is 12. The molecule has 2 rings (SSSR count). The Labute approximate surface area is 175 Å². The lowest BCUT2D eigenvalue weighted by atomic mass is 10.0. The highest BCUT2D eigenvalue weighted by Gasteiger charge is 2.43. The summed E-state index contributed by atoms with van der Waals surface area (Å²) in [7, 11) is -9.92. The number of carbonyl (C=O) groups excluding carboxylic acids is 1. The number of hydrogen-bond donors (Lipinski definition) is 4. The summed E-state index contributed by atoms with van der Waals surface area (Å²) >= 11 is 0. The van der Waals surface area contributed by atoms with Gasteiger partial charge in [-0.1, -0.05) is 61.0 Å². The van der Waals surface area contributed by atoms with Crippen LogP contribution >= 0.6 is 15.2 Å². The largest absolute Gasteiger partial charge is 0.380 e. The molecule has 0 aliphatic rings. The predicted octanol–water partition coefficient (Wildman–Crippen LogP) is 3.79. The standard InChI is InChI=1S/C20H26O8P2/c21-19(18-12-10-17(11-13-18)16-7-3-1-4-8-16)9-5-2-6-14-28-15-20(29(22,23)24)30(25,26)27/h1,3-4,7-8,10-13,20H,2,5-6,9,14-15H2,(H2,22,23,24)(H2,25,26,27). The van der Waals surface area contributed by atoms with Gasteiger partial charge in [-0.3, -0.25) is 13.9 Å². The Bertz CT molecular complexity index is 880. The quantitative estimate of drug-likeness (QED) is 0.215. The third kappa shape index (κ3) is 7.89. The van der Waals surface area contributed by atoms with E-state index < -0.39 is 27.2 Å². The van der Waals surface area contributed by atoms with Crippen LogP contribution in [0.4, 0.5) is 0 Å². The zero-order chi connectivity index (χ0) is 22.2. The predicted molar refractivity (Wildman–Crippen MR) is 113 cm³/mol. The van der Waals surface area contributed by atoms with E-state index in [0.29, 0.717) is 31.2 Å². The van der Waals surface area contributed by atoms with E-state index in [9.17, 15) is 13.9 Å². The SMILES string of the molecule is O=C(CCCCCOCC(P(=O)(O)O)P(=O)(O)O)c1ccc(-c2ccccc2)cc1. The Balaban J connectivity index is 1.69. The average molecular weight is 456 g/mol. The lowest BCUT2D eigenvalue weighted by Gasteiger charge is -2.19. The van der Waals surface area contributed by atoms with Crippen molar-refractivity contribution in [2.45, 2.75) is 31.1 Å². The Kier molecular flexibility index (Phi) is 9.13. The zero-order valence-electron chi connectivity index (χ0n) is 16.3. The molecule has 0 aromatic heterocycles. The van der Waals surface area contributed by atoms with Crippen molar-refractivity contribution in [2.24, 2.45) is 0 Å². The molecule has 0 aliphatic heterocycles. The van der Waals surface area contributed by atoms with Crippen LogP contribution in [0.1, 0.15) is 36.0 Å². The first-order chi connectivity index (χ1) is 14.1. The summed E-state index contributed by atoms with van der Waals surface area (Å²) in [5.74, 6) is 0.0265. The van der Waals surface area contributed by atoms with Crippen molar-refractivity contribution in [2.75, 3.05) is 13.2 Å². The molecule has 2 aromatic rings. The van der Waals surface area contributed by atoms with Crippen LogP contribution in [0.3, 0.4) is 0 Å². The summed E-state index contributed by atoms with van der Waals surface area (Å²) < 4.78 is 27.3. The molecule has 164 valence electrons. The molecule has 8 nitrogen and oxygen atoms in total. The molecular weight excluding hydrogens is 430 g/mol. The highest BCUT2D eigenvalue weighted by molar-refractivity contribution is 7.70. The summed E-state index contributed by atoms with van der Waals surface area (Å²) in [6, 6.07) is 17.3. The normalized spacial score (nSPS) is 12.3. The molecule has 0 atom stereocenters. The Morgan fingerprint density at radius 1 is 0.800 bits per heavy atom. The van der Waals surface area contributed by atoms with E-state index in [1.54, 1.807) is 12.1 Å². The van der Waals surface area contributed by atoms with Gasteiger partial charge in [0.15, 0.2) is 11.2 Å². The van der Waals surface area contributed by atoms with Crippen LogP contribution in [-0.2, 0) is 13.9 Å². The molecule has 0 fully saturated rings. The topological polar surface area (TPSA) is 141 Å². The second-order valence-electron chi connectivity index (χ2n) is 6.91. The van der Waals surface area contributed by atoms with Gasteiger partial charge in [-0.2, -0.15) is 0 Å². The van der Waals surface area contributed by atoms with Crippen molar-refractivity contribution in [1.29, 1.82) is 0 Å². The van der Waals surface area contributed by atoms with Gasteiger partial charge in [-0.25, -0.2) is 0 Å². The maximum absolute atomic E-state index is 12.3. The van der Waals surface area contributed by atoms with Crippen LogP contribution in [0, 0.1) is 0 Å². The molecule has 2 aromatic carbocycles. The summed E-state index contributed by atoms with van der Waals surface area (Å²) in [6.45, 7) is -0.627. The van der Waals surface area contributed by atoms with Crippen molar-refractivity contribution in [3.63, 3.8) is 0 Å². The van der Waals surface area contributed by atoms with Gasteiger partial charge in [0.05, 0.1) is 6.61 Å². The molecule has 0 saturated heterocycles. The lowest BCUT2D eigenvalue weighted by Crippen LogP contribution is -2.17. The van der Waals surface area contributed by atoms with Gasteiger partial charge >= 0.3 is 15.2 Å². The molecule has 0 spiro atoms. The maximum Gasteiger partial charge on any atom is 0.343 e. The van der Waals surface area contributed by atoms with E-state index in [1.165, 1.54) is 0 Å². The van der Waals surface area contributed by atoms with Crippen LogP contribution in [0.15, 0.2) is 54.6 Å². The van der Waals surface area contributed by atoms with E-state index in [0.717, 1.165) is 11.1 Å². The van der Waals surface area contributed by atoms with E-state index in [2.05, 4.69) is 0 Å². The van der Waals surface area contributed by atoms with Crippen LogP contribution < -0.4 is 0 Å². The molecule has 0 bridgehead atoms. The molecule has 0 amide bonds. The van der Waals surface area contributed by atoms with Crippen LogP contribution in [0.5, 0.6) is 0 Å². The molecule has 0 heterocycles. The average Bonchev–Trinajstić information content (AvgIpc) is 2.68. The number of carbonyl (C=O) groups is 1. The van der Waals surface area contributed by atoms with Gasteiger partial charge in [-0.15, -0.1) is 0 Å². The van der Waals surface area contributed by atoms with E-state index in [1.807, 2.05) is 42.5 Å². The van der Waals surface area contributed by atoms with Gasteiger partial charge < -0.3 is 24.3 Å². The highest BCUT2D eigenvalue weighted by atomic mass is 31.2. The molecule has 0 radical (unpaired) electrons. The Hall–Kier alpha value is -1.63. The van der Waals surface area contributed by atoms with E-state index in [-0.39, 0.29) is 12.4 Å². The van der Waals surface area contributed by atoms with Crippen molar-refractivity contribution in [3.05, 3.63) is 60.2 Å². The van der Waals surface area contributed by atoms with Crippen LogP contribution in [-0.4, -0.2) is 44.0 Å². The second kappa shape index (κ2) is 11.1. The van der Waals surface area contributed by atoms with E-state index in [4.69, 9.17) is 24.3 Å². The summed E-state index contributed by atoms with van der Waals surface area (Å²) in [5.41, 5.74) is 2.75. The molecule has 0 unspecified atom stereocenters. The molecule has 0 saturated carbocycles. The molecule has 0 aliphatic carbocycles. The van der Waals surface area contributed by atoms with Crippen molar-refractivity contribution >= 4 is 21.0 Å².